The van der Waals surface area contributed by atoms with Crippen LogP contribution in [0.25, 0.3) is 20.7 Å². The number of carbonyl (C=O) groups is 1. The van der Waals surface area contributed by atoms with Gasteiger partial charge in [-0.15, -0.1) is 10.2 Å². The average Bonchev–Trinajstić information content (AvgIpc) is 3.86. The van der Waals surface area contributed by atoms with Crippen LogP contribution in [0.2, 0.25) is 25.7 Å². The molecule has 0 spiro atoms. The number of para-hydroxylation sites is 1. The minimum atomic E-state index is -1.12. The minimum absolute atomic E-state index is 0.194. The third-order valence-corrected chi connectivity index (χ3v) is 14.8. The Morgan fingerprint density at radius 2 is 1.80 bits per heavy atom. The monoisotopic (exact) mass is 818 g/mol. The van der Waals surface area contributed by atoms with Crippen molar-refractivity contribution in [2.45, 2.75) is 118 Å². The fourth-order valence-corrected chi connectivity index (χ4v) is 10.8. The average molecular weight is 819 g/mol. The van der Waals surface area contributed by atoms with Gasteiger partial charge in [0.05, 0.1) is 27.9 Å². The zero-order valence-corrected chi connectivity index (χ0v) is 37.0. The summed E-state index contributed by atoms with van der Waals surface area (Å²) < 4.78 is 22.4. The summed E-state index contributed by atoms with van der Waals surface area (Å²) in [6.45, 7) is 18.1. The molecule has 0 bridgehead atoms. The first-order valence-corrected chi connectivity index (χ1v) is 25.3. The van der Waals surface area contributed by atoms with E-state index < -0.39 is 14.0 Å². The van der Waals surface area contributed by atoms with E-state index in [0.717, 1.165) is 74.7 Å². The molecule has 1 N–H and O–H groups in total. The molecule has 302 valence electrons. The van der Waals surface area contributed by atoms with Crippen molar-refractivity contribution in [3.63, 3.8) is 0 Å². The summed E-state index contributed by atoms with van der Waals surface area (Å²) in [6.07, 6.45) is 11.2. The number of aromatic nitrogens is 6. The molecule has 1 saturated carbocycles. The van der Waals surface area contributed by atoms with Gasteiger partial charge in [-0.3, -0.25) is 9.25 Å². The van der Waals surface area contributed by atoms with E-state index in [4.69, 9.17) is 29.3 Å². The molecule has 15 heteroatoms. The van der Waals surface area contributed by atoms with Crippen LogP contribution in [0, 0.1) is 26.2 Å². The van der Waals surface area contributed by atoms with Crippen LogP contribution >= 0.6 is 22.7 Å². The number of nitrogens with zero attached hydrogens (tertiary/aromatic N) is 7. The third-order valence-electron chi connectivity index (χ3n) is 10.8. The standard InChI is InChI=1S/C41H58N8O4S2Si/c1-9-53-38(50)34-35(31-25-42-49(30(31)4)26-41(21-15-22-51-5)19-13-10-14-20-41)55-39(43-34)44-36-28(2)29(3)37(47-46-36)45-40-48(27-52-23-16-24-56(6,7)8)32-17-11-12-18-33(32)54-40/h11-12,17-18,25H,9-10,13-16,19-24,26-27H2,1-8H3,(H,43,44,46)/b45-40-. The first-order chi connectivity index (χ1) is 26.9. The molecule has 6 rings (SSSR count). The third kappa shape index (κ3) is 10.0. The SMILES string of the molecule is CCOC(=O)c1nc(Nc2nnc(/N=c3\sc4ccccc4n3COCCC[Si](C)(C)C)c(C)c2C)sc1-c1cnn(CC2(CCCOC)CCCCC2)c1C. The Morgan fingerprint density at radius 3 is 2.55 bits per heavy atom. The van der Waals surface area contributed by atoms with Crippen molar-refractivity contribution in [1.29, 1.82) is 0 Å². The first kappa shape index (κ1) is 41.9. The molecule has 0 amide bonds. The topological polar surface area (TPSA) is 131 Å². The zero-order valence-electron chi connectivity index (χ0n) is 34.4. The predicted octanol–water partition coefficient (Wildman–Crippen LogP) is 9.97. The van der Waals surface area contributed by atoms with Crippen LogP contribution in [0.1, 0.15) is 85.6 Å². The summed E-state index contributed by atoms with van der Waals surface area (Å²) in [5.41, 5.74) is 5.21. The van der Waals surface area contributed by atoms with Crippen molar-refractivity contribution in [3.8, 4) is 10.4 Å². The maximum absolute atomic E-state index is 13.3. The number of esters is 1. The van der Waals surface area contributed by atoms with Crippen LogP contribution in [0.15, 0.2) is 35.5 Å². The fraction of sp³-hybridized carbons (Fsp3) is 0.561. The van der Waals surface area contributed by atoms with Crippen LogP contribution < -0.4 is 10.1 Å². The lowest BCUT2D eigenvalue weighted by molar-refractivity contribution is 0.0521. The summed E-state index contributed by atoms with van der Waals surface area (Å²) in [6, 6.07) is 9.53. The number of fused-ring (bicyclic) bond motifs is 1. The Morgan fingerprint density at radius 1 is 1.02 bits per heavy atom. The van der Waals surface area contributed by atoms with Gasteiger partial charge in [0, 0.05) is 57.3 Å². The van der Waals surface area contributed by atoms with Crippen LogP contribution in [0.5, 0.6) is 0 Å². The Labute approximate surface area is 339 Å². The van der Waals surface area contributed by atoms with Gasteiger partial charge in [-0.05, 0) is 77.3 Å². The van der Waals surface area contributed by atoms with Gasteiger partial charge in [0.2, 0.25) is 0 Å². The molecular weight excluding hydrogens is 761 g/mol. The van der Waals surface area contributed by atoms with E-state index in [9.17, 15) is 4.79 Å². The molecule has 4 heterocycles. The number of carbonyl (C=O) groups excluding carboxylic acids is 1. The quantitative estimate of drug-likeness (QED) is 0.0522. The Balaban J connectivity index is 1.26. The molecule has 0 atom stereocenters. The number of rotatable bonds is 18. The van der Waals surface area contributed by atoms with Crippen LogP contribution in [0.3, 0.4) is 0 Å². The number of hydrogen-bond donors (Lipinski definition) is 1. The van der Waals surface area contributed by atoms with E-state index in [2.05, 4.69) is 63.5 Å². The van der Waals surface area contributed by atoms with Crippen molar-refractivity contribution in [2.75, 3.05) is 32.2 Å². The van der Waals surface area contributed by atoms with Gasteiger partial charge in [0.1, 0.15) is 6.73 Å². The molecule has 0 unspecified atom stereocenters. The number of benzene rings is 1. The number of ether oxygens (including phenoxy) is 3. The Hall–Kier alpha value is -3.76. The summed E-state index contributed by atoms with van der Waals surface area (Å²) in [7, 11) is 0.655. The number of nitrogens with one attached hydrogen (secondary N) is 1. The van der Waals surface area contributed by atoms with Gasteiger partial charge >= 0.3 is 5.97 Å². The lowest BCUT2D eigenvalue weighted by atomic mass is 9.71. The maximum Gasteiger partial charge on any atom is 0.358 e. The van der Waals surface area contributed by atoms with Crippen LogP contribution in [0.4, 0.5) is 16.8 Å². The van der Waals surface area contributed by atoms with Gasteiger partial charge < -0.3 is 19.5 Å². The summed E-state index contributed by atoms with van der Waals surface area (Å²) >= 11 is 3.00. The smallest absolute Gasteiger partial charge is 0.358 e. The molecule has 0 radical (unpaired) electrons. The van der Waals surface area contributed by atoms with Gasteiger partial charge in [-0.25, -0.2) is 9.78 Å². The number of thiazole rings is 2. The lowest BCUT2D eigenvalue weighted by Gasteiger charge is -2.37. The molecule has 5 aromatic rings. The maximum atomic E-state index is 13.3. The summed E-state index contributed by atoms with van der Waals surface area (Å²) in [5.74, 6) is 0.627. The van der Waals surface area contributed by atoms with E-state index in [0.29, 0.717) is 30.1 Å². The molecule has 0 saturated heterocycles. The molecule has 12 nitrogen and oxygen atoms in total. The summed E-state index contributed by atoms with van der Waals surface area (Å²) in [4.78, 5) is 24.6. The minimum Gasteiger partial charge on any atom is -0.461 e. The highest BCUT2D eigenvalue weighted by atomic mass is 32.1. The first-order valence-electron chi connectivity index (χ1n) is 19.9. The molecule has 1 fully saturated rings. The van der Waals surface area contributed by atoms with Gasteiger partial charge in [-0.2, -0.15) is 10.1 Å². The fourth-order valence-electron chi connectivity index (χ4n) is 7.52. The highest BCUT2D eigenvalue weighted by molar-refractivity contribution is 7.19. The molecular formula is C41H58N8O4S2Si. The van der Waals surface area contributed by atoms with Crippen molar-refractivity contribution < 1.29 is 19.0 Å². The van der Waals surface area contributed by atoms with Crippen LogP contribution in [-0.4, -0.2) is 70.5 Å². The van der Waals surface area contributed by atoms with E-state index in [1.165, 1.54) is 49.5 Å². The zero-order chi connectivity index (χ0) is 39.9. The van der Waals surface area contributed by atoms with Crippen LogP contribution in [-0.2, 0) is 27.5 Å². The van der Waals surface area contributed by atoms with E-state index >= 15 is 0 Å². The molecule has 1 aliphatic carbocycles. The van der Waals surface area contributed by atoms with E-state index in [1.807, 2.05) is 32.2 Å². The molecule has 1 aromatic carbocycles. The second kappa shape index (κ2) is 18.7. The second-order valence-corrected chi connectivity index (χ2v) is 23.8. The Bertz CT molecular complexity index is 2180. The van der Waals surface area contributed by atoms with Gasteiger partial charge in [0.15, 0.2) is 27.3 Å². The highest BCUT2D eigenvalue weighted by Crippen LogP contribution is 2.43. The van der Waals surface area contributed by atoms with E-state index in [-0.39, 0.29) is 17.7 Å². The van der Waals surface area contributed by atoms with Crippen molar-refractivity contribution in [3.05, 3.63) is 57.8 Å². The Kier molecular flexibility index (Phi) is 14.0. The molecule has 4 aromatic heterocycles. The number of methoxy groups -OCH3 is 1. The highest BCUT2D eigenvalue weighted by Gasteiger charge is 2.34. The van der Waals surface area contributed by atoms with E-state index in [1.54, 1.807) is 25.4 Å². The van der Waals surface area contributed by atoms with Crippen molar-refractivity contribution in [1.82, 2.24) is 29.5 Å². The van der Waals surface area contributed by atoms with Gasteiger partial charge in [0.25, 0.3) is 0 Å². The normalized spacial score (nSPS) is 14.8. The molecule has 1 aliphatic rings. The summed E-state index contributed by atoms with van der Waals surface area (Å²) in [5, 5.41) is 17.9. The number of anilines is 2. The molecule has 56 heavy (non-hydrogen) atoms. The number of hydrogen-bond acceptors (Lipinski definition) is 12. The van der Waals surface area contributed by atoms with Crippen molar-refractivity contribution >= 4 is 63.7 Å². The molecule has 0 aliphatic heterocycles. The second-order valence-electron chi connectivity index (χ2n) is 16.2. The van der Waals surface area contributed by atoms with Gasteiger partial charge in [-0.1, -0.05) is 79.8 Å². The predicted molar refractivity (Wildman–Crippen MR) is 229 cm³/mol. The lowest BCUT2D eigenvalue weighted by Crippen LogP contribution is -2.31. The largest absolute Gasteiger partial charge is 0.461 e. The van der Waals surface area contributed by atoms with Crippen molar-refractivity contribution in [2.24, 2.45) is 10.4 Å².